The van der Waals surface area contributed by atoms with Gasteiger partial charge in [0.2, 0.25) is 0 Å². The van der Waals surface area contributed by atoms with Crippen LogP contribution in [0.5, 0.6) is 5.75 Å². The predicted molar refractivity (Wildman–Crippen MR) is 99.1 cm³/mol. The maximum absolute atomic E-state index is 12.2. The molecule has 26 heavy (non-hydrogen) atoms. The minimum Gasteiger partial charge on any atom is -0.483 e. The fraction of sp³-hybridized carbons (Fsp3) is 0.250. The SMILES string of the molecule is Cc1cccc(NC(=O)COc2ccccc2-c2nc(C(C)C)no2)c1. The lowest BCUT2D eigenvalue weighted by molar-refractivity contribution is -0.118. The molecular weight excluding hydrogens is 330 g/mol. The van der Waals surface area contributed by atoms with Crippen molar-refractivity contribution in [2.75, 3.05) is 11.9 Å². The zero-order valence-corrected chi connectivity index (χ0v) is 15.0. The maximum atomic E-state index is 12.2. The number of anilines is 1. The molecule has 0 saturated carbocycles. The standard InChI is InChI=1S/C20H21N3O3/c1-13(2)19-22-20(26-23-19)16-9-4-5-10-17(16)25-12-18(24)21-15-8-6-7-14(3)11-15/h4-11,13H,12H2,1-3H3,(H,21,24). The number of rotatable bonds is 6. The maximum Gasteiger partial charge on any atom is 0.262 e. The number of amides is 1. The first-order valence-electron chi connectivity index (χ1n) is 8.45. The Kier molecular flexibility index (Phi) is 5.31. The van der Waals surface area contributed by atoms with Crippen LogP contribution in [0.4, 0.5) is 5.69 Å². The van der Waals surface area contributed by atoms with Gasteiger partial charge in [-0.05, 0) is 36.8 Å². The van der Waals surface area contributed by atoms with E-state index in [-0.39, 0.29) is 18.4 Å². The van der Waals surface area contributed by atoms with Crippen LogP contribution in [-0.4, -0.2) is 22.7 Å². The van der Waals surface area contributed by atoms with Crippen LogP contribution in [0.1, 0.15) is 31.2 Å². The second-order valence-corrected chi connectivity index (χ2v) is 6.31. The molecule has 0 fully saturated rings. The van der Waals surface area contributed by atoms with E-state index in [1.54, 1.807) is 6.07 Å². The average Bonchev–Trinajstić information content (AvgIpc) is 3.10. The Labute approximate surface area is 152 Å². The molecule has 0 aliphatic carbocycles. The molecule has 1 heterocycles. The molecule has 0 aliphatic rings. The highest BCUT2D eigenvalue weighted by Gasteiger charge is 2.16. The first-order valence-corrected chi connectivity index (χ1v) is 8.45. The minimum atomic E-state index is -0.237. The molecule has 0 unspecified atom stereocenters. The third-order valence-corrected chi connectivity index (χ3v) is 3.74. The zero-order chi connectivity index (χ0) is 18.5. The monoisotopic (exact) mass is 351 g/mol. The van der Waals surface area contributed by atoms with E-state index in [9.17, 15) is 4.79 Å². The molecule has 134 valence electrons. The summed E-state index contributed by atoms with van der Waals surface area (Å²) in [6, 6.07) is 14.9. The number of hydrogen-bond donors (Lipinski definition) is 1. The molecule has 1 N–H and O–H groups in total. The Bertz CT molecular complexity index is 903. The Morgan fingerprint density at radius 3 is 2.73 bits per heavy atom. The first-order chi connectivity index (χ1) is 12.5. The van der Waals surface area contributed by atoms with Gasteiger partial charge in [-0.15, -0.1) is 0 Å². The van der Waals surface area contributed by atoms with Gasteiger partial charge in [-0.3, -0.25) is 4.79 Å². The van der Waals surface area contributed by atoms with Crippen molar-refractivity contribution in [3.05, 3.63) is 59.9 Å². The Morgan fingerprint density at radius 1 is 1.19 bits per heavy atom. The van der Waals surface area contributed by atoms with Gasteiger partial charge in [0.25, 0.3) is 11.8 Å². The lowest BCUT2D eigenvalue weighted by Crippen LogP contribution is -2.20. The van der Waals surface area contributed by atoms with Crippen molar-refractivity contribution in [2.24, 2.45) is 0 Å². The van der Waals surface area contributed by atoms with Gasteiger partial charge in [0.05, 0.1) is 5.56 Å². The number of nitrogens with one attached hydrogen (secondary N) is 1. The molecule has 6 nitrogen and oxygen atoms in total. The molecule has 2 aromatic carbocycles. The summed E-state index contributed by atoms with van der Waals surface area (Å²) in [5.41, 5.74) is 2.48. The summed E-state index contributed by atoms with van der Waals surface area (Å²) in [4.78, 5) is 16.5. The van der Waals surface area contributed by atoms with Crippen LogP contribution in [0.3, 0.4) is 0 Å². The summed E-state index contributed by atoms with van der Waals surface area (Å²) in [5, 5.41) is 6.79. The average molecular weight is 351 g/mol. The summed E-state index contributed by atoms with van der Waals surface area (Å²) in [6.45, 7) is 5.84. The molecule has 1 aromatic heterocycles. The second-order valence-electron chi connectivity index (χ2n) is 6.31. The van der Waals surface area contributed by atoms with Crippen LogP contribution >= 0.6 is 0 Å². The molecule has 6 heteroatoms. The number of benzene rings is 2. The summed E-state index contributed by atoms with van der Waals surface area (Å²) in [5.74, 6) is 1.46. The van der Waals surface area contributed by atoms with E-state index in [2.05, 4.69) is 15.5 Å². The van der Waals surface area contributed by atoms with E-state index in [0.717, 1.165) is 11.3 Å². The topological polar surface area (TPSA) is 77.2 Å². The summed E-state index contributed by atoms with van der Waals surface area (Å²) >= 11 is 0. The van der Waals surface area contributed by atoms with E-state index < -0.39 is 0 Å². The number of carbonyl (C=O) groups excluding carboxylic acids is 1. The molecule has 1 amide bonds. The van der Waals surface area contributed by atoms with Crippen molar-refractivity contribution in [3.63, 3.8) is 0 Å². The highest BCUT2D eigenvalue weighted by molar-refractivity contribution is 5.92. The number of hydrogen-bond acceptors (Lipinski definition) is 5. The van der Waals surface area contributed by atoms with Crippen molar-refractivity contribution in [2.45, 2.75) is 26.7 Å². The van der Waals surface area contributed by atoms with Crippen LogP contribution in [0.2, 0.25) is 0 Å². The van der Waals surface area contributed by atoms with Crippen LogP contribution in [0, 0.1) is 6.92 Å². The summed E-state index contributed by atoms with van der Waals surface area (Å²) in [7, 11) is 0. The van der Waals surface area contributed by atoms with Gasteiger partial charge in [-0.2, -0.15) is 4.98 Å². The summed E-state index contributed by atoms with van der Waals surface area (Å²) < 4.78 is 11.0. The molecular formula is C20H21N3O3. The van der Waals surface area contributed by atoms with Crippen molar-refractivity contribution in [1.29, 1.82) is 0 Å². The lowest BCUT2D eigenvalue weighted by Gasteiger charge is -2.10. The molecule has 3 rings (SSSR count). The van der Waals surface area contributed by atoms with E-state index in [4.69, 9.17) is 9.26 Å². The fourth-order valence-electron chi connectivity index (χ4n) is 2.41. The van der Waals surface area contributed by atoms with Gasteiger partial charge in [0.15, 0.2) is 12.4 Å². The van der Waals surface area contributed by atoms with Crippen molar-refractivity contribution in [1.82, 2.24) is 10.1 Å². The molecule has 0 atom stereocenters. The van der Waals surface area contributed by atoms with Crippen molar-refractivity contribution in [3.8, 4) is 17.2 Å². The van der Waals surface area contributed by atoms with Crippen molar-refractivity contribution < 1.29 is 14.1 Å². The molecule has 0 spiro atoms. The van der Waals surface area contributed by atoms with E-state index >= 15 is 0 Å². The Balaban J connectivity index is 1.69. The van der Waals surface area contributed by atoms with Gasteiger partial charge < -0.3 is 14.6 Å². The van der Waals surface area contributed by atoms with Gasteiger partial charge in [0.1, 0.15) is 5.75 Å². The van der Waals surface area contributed by atoms with Gasteiger partial charge in [-0.25, -0.2) is 0 Å². The highest BCUT2D eigenvalue weighted by Crippen LogP contribution is 2.29. The molecule has 0 radical (unpaired) electrons. The predicted octanol–water partition coefficient (Wildman–Crippen LogP) is 4.19. The van der Waals surface area contributed by atoms with Crippen LogP contribution in [0.15, 0.2) is 53.1 Å². The smallest absolute Gasteiger partial charge is 0.262 e. The highest BCUT2D eigenvalue weighted by atomic mass is 16.5. The van der Waals surface area contributed by atoms with E-state index in [1.165, 1.54) is 0 Å². The Hall–Kier alpha value is -3.15. The lowest BCUT2D eigenvalue weighted by atomic mass is 10.2. The third kappa shape index (κ3) is 4.27. The van der Waals surface area contributed by atoms with Gasteiger partial charge in [0, 0.05) is 11.6 Å². The van der Waals surface area contributed by atoms with E-state index in [0.29, 0.717) is 23.0 Å². The molecule has 3 aromatic rings. The number of carbonyl (C=O) groups is 1. The largest absolute Gasteiger partial charge is 0.483 e. The number of ether oxygens (including phenoxy) is 1. The van der Waals surface area contributed by atoms with Crippen LogP contribution in [0.25, 0.3) is 11.5 Å². The molecule has 0 bridgehead atoms. The number of para-hydroxylation sites is 1. The van der Waals surface area contributed by atoms with E-state index in [1.807, 2.05) is 63.2 Å². The third-order valence-electron chi connectivity index (χ3n) is 3.74. The van der Waals surface area contributed by atoms with Crippen LogP contribution < -0.4 is 10.1 Å². The normalized spacial score (nSPS) is 10.8. The number of aryl methyl sites for hydroxylation is 1. The molecule has 0 saturated heterocycles. The summed E-state index contributed by atoms with van der Waals surface area (Å²) in [6.07, 6.45) is 0. The van der Waals surface area contributed by atoms with Crippen LogP contribution in [-0.2, 0) is 4.79 Å². The quantitative estimate of drug-likeness (QED) is 0.721. The minimum absolute atomic E-state index is 0.115. The van der Waals surface area contributed by atoms with Gasteiger partial charge >= 0.3 is 0 Å². The fourth-order valence-corrected chi connectivity index (χ4v) is 2.41. The van der Waals surface area contributed by atoms with Crippen molar-refractivity contribution >= 4 is 11.6 Å². The van der Waals surface area contributed by atoms with Gasteiger partial charge in [-0.1, -0.05) is 43.3 Å². The second kappa shape index (κ2) is 7.82. The Morgan fingerprint density at radius 2 is 2.00 bits per heavy atom. The zero-order valence-electron chi connectivity index (χ0n) is 15.0. The first kappa shape index (κ1) is 17.7. The molecule has 0 aliphatic heterocycles. The number of nitrogens with zero attached hydrogens (tertiary/aromatic N) is 2. The number of aromatic nitrogens is 2.